The van der Waals surface area contributed by atoms with Gasteiger partial charge in [0.25, 0.3) is 0 Å². The van der Waals surface area contributed by atoms with E-state index in [4.69, 9.17) is 0 Å². The van der Waals surface area contributed by atoms with Crippen molar-refractivity contribution >= 4 is 31.2 Å². The summed E-state index contributed by atoms with van der Waals surface area (Å²) < 4.78 is 0. The van der Waals surface area contributed by atoms with Gasteiger partial charge in [-0.15, -0.1) is 25.4 Å². The fraction of sp³-hybridized carbons (Fsp3) is 1.00. The van der Waals surface area contributed by atoms with Gasteiger partial charge in [-0.3, -0.25) is 0 Å². The Kier molecular flexibility index (Phi) is 3.66. The summed E-state index contributed by atoms with van der Waals surface area (Å²) in [6.07, 6.45) is 4.51. The third kappa shape index (κ3) is 2.63. The molecule has 0 aromatic rings. The van der Waals surface area contributed by atoms with E-state index in [-0.39, 0.29) is 0 Å². The summed E-state index contributed by atoms with van der Waals surface area (Å²) in [5.74, 6) is 1.18. The zero-order valence-corrected chi connectivity index (χ0v) is 9.77. The van der Waals surface area contributed by atoms with Crippen LogP contribution in [0.25, 0.3) is 0 Å². The molecule has 5 heteroatoms. The van der Waals surface area contributed by atoms with Crippen LogP contribution in [0.15, 0.2) is 0 Å². The van der Waals surface area contributed by atoms with Crippen molar-refractivity contribution in [2.45, 2.75) is 0 Å². The monoisotopic (exact) mass is 205 g/mol. The second-order valence-corrected chi connectivity index (χ2v) is 9.33. The third-order valence-corrected chi connectivity index (χ3v) is 8.77. The Morgan fingerprint density at radius 3 is 1.73 bits per heavy atom. The van der Waals surface area contributed by atoms with Gasteiger partial charge in [-0.1, -0.05) is 0 Å². The number of hydrogen-bond donors (Lipinski definition) is 0. The first kappa shape index (κ1) is 8.89. The average Bonchev–Trinajstić information content (AvgIpc) is 1.80. The van der Waals surface area contributed by atoms with Crippen LogP contribution in [0, 0.1) is 0 Å². The first-order chi connectivity index (χ1) is 5.45. The maximum absolute atomic E-state index is 2.68. The second-order valence-electron chi connectivity index (χ2n) is 3.14. The predicted molar refractivity (Wildman–Crippen MR) is 61.7 cm³/mol. The Balaban J connectivity index is 1.96. The van der Waals surface area contributed by atoms with Crippen molar-refractivity contribution in [2.75, 3.05) is 38.1 Å². The Morgan fingerprint density at radius 1 is 0.818 bits per heavy atom. The lowest BCUT2D eigenvalue weighted by atomic mass is 10.5. The number of rotatable bonds is 0. The maximum atomic E-state index is 2.68. The van der Waals surface area contributed by atoms with E-state index in [0.29, 0.717) is 0 Å². The Morgan fingerprint density at radius 2 is 1.27 bits per heavy atom. The fourth-order valence-corrected chi connectivity index (χ4v) is 8.19. The standard InChI is InChI=1S/C6H15BNP3/c1-4-9-7-10-5-2-8(1)3-6-11-7/h9-11H,1-6H2. The maximum Gasteiger partial charge on any atom is 0.219 e. The zero-order chi connectivity index (χ0) is 7.52. The second kappa shape index (κ2) is 4.52. The molecule has 0 aromatic carbocycles. The molecule has 0 amide bonds. The van der Waals surface area contributed by atoms with E-state index in [9.17, 15) is 0 Å². The minimum absolute atomic E-state index is 1.18. The van der Waals surface area contributed by atoms with Crippen molar-refractivity contribution in [1.29, 1.82) is 0 Å². The molecule has 3 atom stereocenters. The highest BCUT2D eigenvalue weighted by atomic mass is 31.2. The van der Waals surface area contributed by atoms with Gasteiger partial charge in [0.15, 0.2) is 0 Å². The molecule has 11 heavy (non-hydrogen) atoms. The average molecular weight is 205 g/mol. The molecule has 3 aliphatic rings. The van der Waals surface area contributed by atoms with Gasteiger partial charge < -0.3 is 4.90 Å². The van der Waals surface area contributed by atoms with Crippen LogP contribution in [0.5, 0.6) is 0 Å². The van der Waals surface area contributed by atoms with Gasteiger partial charge in [0.05, 0.1) is 0 Å². The number of hydrogen-bond acceptors (Lipinski definition) is 1. The molecule has 0 aromatic heterocycles. The van der Waals surface area contributed by atoms with Crippen LogP contribution in [0.2, 0.25) is 0 Å². The van der Waals surface area contributed by atoms with Gasteiger partial charge in [0.1, 0.15) is 0 Å². The summed E-state index contributed by atoms with van der Waals surface area (Å²) in [5.41, 5.74) is 0. The molecule has 3 unspecified atom stereocenters. The molecule has 3 heterocycles. The molecule has 0 saturated carbocycles. The minimum atomic E-state index is 1.18. The molecule has 0 spiro atoms. The molecule has 3 aliphatic heterocycles. The Hall–Kier alpha value is 1.31. The third-order valence-electron chi connectivity index (χ3n) is 2.33. The summed E-state index contributed by atoms with van der Waals surface area (Å²) >= 11 is 0. The predicted octanol–water partition coefficient (Wildman–Crippen LogP) is 1.34. The summed E-state index contributed by atoms with van der Waals surface area (Å²) in [7, 11) is 3.91. The van der Waals surface area contributed by atoms with Crippen LogP contribution in [0.1, 0.15) is 0 Å². The van der Waals surface area contributed by atoms with Crippen LogP contribution in [0.3, 0.4) is 0 Å². The molecule has 3 fully saturated rings. The molecule has 0 radical (unpaired) electrons. The van der Waals surface area contributed by atoms with Crippen molar-refractivity contribution in [3.05, 3.63) is 0 Å². The Bertz CT molecular complexity index is 99.2. The summed E-state index contributed by atoms with van der Waals surface area (Å²) in [5, 5.41) is 0. The molecule has 3 rings (SSSR count). The molecule has 2 bridgehead atoms. The van der Waals surface area contributed by atoms with E-state index in [1.165, 1.54) is 69.4 Å². The van der Waals surface area contributed by atoms with Crippen LogP contribution in [-0.4, -0.2) is 48.9 Å². The van der Waals surface area contributed by atoms with E-state index < -0.39 is 0 Å². The normalized spacial score (nSPS) is 39.3. The molecule has 0 N–H and O–H groups in total. The van der Waals surface area contributed by atoms with Gasteiger partial charge >= 0.3 is 0 Å². The van der Waals surface area contributed by atoms with E-state index in [2.05, 4.69) is 4.90 Å². The lowest BCUT2D eigenvalue weighted by molar-refractivity contribution is 0.328. The van der Waals surface area contributed by atoms with Crippen molar-refractivity contribution in [2.24, 2.45) is 0 Å². The van der Waals surface area contributed by atoms with Crippen molar-refractivity contribution in [3.8, 4) is 0 Å². The van der Waals surface area contributed by atoms with Gasteiger partial charge in [-0.25, -0.2) is 0 Å². The lowest BCUT2D eigenvalue weighted by Gasteiger charge is -2.30. The SMILES string of the molecule is C1CN2CCPB(P1)PCC2. The highest BCUT2D eigenvalue weighted by Gasteiger charge is 2.20. The molecule has 62 valence electrons. The van der Waals surface area contributed by atoms with Crippen molar-refractivity contribution in [1.82, 2.24) is 4.90 Å². The topological polar surface area (TPSA) is 3.24 Å². The van der Waals surface area contributed by atoms with E-state index in [1.807, 2.05) is 0 Å². The van der Waals surface area contributed by atoms with Gasteiger partial charge in [0, 0.05) is 19.6 Å². The smallest absolute Gasteiger partial charge is 0.219 e. The highest BCUT2D eigenvalue weighted by Crippen LogP contribution is 2.44. The minimum Gasteiger partial charge on any atom is -0.302 e. The van der Waals surface area contributed by atoms with Gasteiger partial charge in [-0.05, 0) is 18.5 Å². The summed E-state index contributed by atoms with van der Waals surface area (Å²) in [6.45, 7) is 4.22. The van der Waals surface area contributed by atoms with Crippen LogP contribution >= 0.6 is 25.4 Å². The molecular formula is C6H15BNP3. The fourth-order valence-electron chi connectivity index (χ4n) is 1.65. The van der Waals surface area contributed by atoms with Crippen LogP contribution in [-0.2, 0) is 0 Å². The molecular weight excluding hydrogens is 190 g/mol. The van der Waals surface area contributed by atoms with Crippen molar-refractivity contribution in [3.63, 3.8) is 0 Å². The Labute approximate surface area is 74.8 Å². The van der Waals surface area contributed by atoms with Crippen LogP contribution < -0.4 is 0 Å². The number of nitrogens with zero attached hydrogens (tertiary/aromatic N) is 1. The first-order valence-electron chi connectivity index (χ1n) is 4.38. The van der Waals surface area contributed by atoms with Crippen molar-refractivity contribution < 1.29 is 0 Å². The van der Waals surface area contributed by atoms with Crippen LogP contribution in [0.4, 0.5) is 0 Å². The lowest BCUT2D eigenvalue weighted by Crippen LogP contribution is -2.34. The molecule has 1 nitrogen and oxygen atoms in total. The van der Waals surface area contributed by atoms with E-state index >= 15 is 0 Å². The van der Waals surface area contributed by atoms with Gasteiger partial charge in [-0.2, -0.15) is 0 Å². The first-order valence-corrected chi connectivity index (χ1v) is 8.23. The zero-order valence-electron chi connectivity index (χ0n) is 6.77. The van der Waals surface area contributed by atoms with E-state index in [1.54, 1.807) is 0 Å². The summed E-state index contributed by atoms with van der Waals surface area (Å²) in [4.78, 5) is 2.68. The molecule has 3 saturated heterocycles. The summed E-state index contributed by atoms with van der Waals surface area (Å²) in [6, 6.07) is 0. The largest absolute Gasteiger partial charge is 0.302 e. The number of fused-ring (bicyclic) bond motifs is 6. The molecule has 0 aliphatic carbocycles. The highest BCUT2D eigenvalue weighted by molar-refractivity contribution is 8.29. The van der Waals surface area contributed by atoms with Gasteiger partial charge in [0.2, 0.25) is 5.87 Å². The van der Waals surface area contributed by atoms with E-state index in [0.717, 1.165) is 0 Å². The quantitative estimate of drug-likeness (QED) is 0.426.